The first-order valence-electron chi connectivity index (χ1n) is 7.77. The Morgan fingerprint density at radius 3 is 1.20 bits per heavy atom. The summed E-state index contributed by atoms with van der Waals surface area (Å²) >= 11 is 2.89. The van der Waals surface area contributed by atoms with Gasteiger partial charge in [-0.15, -0.1) is 15.8 Å². The fraction of sp³-hybridized carbons (Fsp3) is 0.933. The number of hydrogen-bond acceptors (Lipinski definition) is 3. The number of hydrogen-bond donors (Lipinski definition) is 0. The van der Waals surface area contributed by atoms with Crippen LogP contribution in [-0.2, 0) is 0 Å². The number of unbranched alkanes of at least 4 members (excludes halogenated alkanes) is 7. The third-order valence-electron chi connectivity index (χ3n) is 3.02. The van der Waals surface area contributed by atoms with E-state index in [4.69, 9.17) is 5.26 Å². The summed E-state index contributed by atoms with van der Waals surface area (Å²) in [6.45, 7) is 2.51. The van der Waals surface area contributed by atoms with Crippen LogP contribution in [0.25, 0.3) is 0 Å². The van der Waals surface area contributed by atoms with E-state index < -0.39 is 0 Å². The molecule has 0 rings (SSSR count). The van der Waals surface area contributed by atoms with Crippen molar-refractivity contribution >= 4 is 21.9 Å². The average molecular weight is 346 g/mol. The Bertz CT molecular complexity index is 202. The van der Waals surface area contributed by atoms with Crippen LogP contribution in [0.1, 0.15) is 51.4 Å². The van der Waals surface area contributed by atoms with Crippen molar-refractivity contribution in [3.63, 3.8) is 0 Å². The van der Waals surface area contributed by atoms with Crippen LogP contribution in [0.3, 0.4) is 0 Å². The van der Waals surface area contributed by atoms with E-state index in [9.17, 15) is 0 Å². The molecule has 0 bridgehead atoms. The second kappa shape index (κ2) is 19.0. The largest absolute Gasteiger partial charge is 0.326 e. The predicted molar refractivity (Wildman–Crippen MR) is 95.7 cm³/mol. The van der Waals surface area contributed by atoms with E-state index in [-0.39, 0.29) is 0 Å². The Kier molecular flexibility index (Phi) is 21.1. The third-order valence-corrected chi connectivity index (χ3v) is 3.27. The van der Waals surface area contributed by atoms with Crippen LogP contribution in [0.5, 0.6) is 0 Å². The van der Waals surface area contributed by atoms with Crippen LogP contribution >= 0.6 is 15.8 Å². The lowest BCUT2D eigenvalue weighted by Gasteiger charge is -2.09. The molecule has 0 radical (unpaired) electrons. The van der Waals surface area contributed by atoms with Gasteiger partial charge in [0.25, 0.3) is 0 Å². The molecule has 0 atom stereocenters. The van der Waals surface area contributed by atoms with Gasteiger partial charge in [0.1, 0.15) is 0 Å². The molecule has 0 saturated carbocycles. The molecule has 0 N–H and O–H groups in total. The van der Waals surface area contributed by atoms with E-state index in [1.54, 1.807) is 0 Å². The molecule has 0 saturated heterocycles. The first-order chi connectivity index (χ1) is 9.54. The summed E-state index contributed by atoms with van der Waals surface area (Å²) in [6, 6.07) is 0. The second-order valence-electron chi connectivity index (χ2n) is 5.73. The molecule has 5 heteroatoms. The van der Waals surface area contributed by atoms with Gasteiger partial charge in [0.2, 0.25) is 0 Å². The first kappa shape index (κ1) is 22.2. The lowest BCUT2D eigenvalue weighted by molar-refractivity contribution is 0.384. The molecular weight excluding hydrogens is 313 g/mol. The highest BCUT2D eigenvalue weighted by atomic mass is 79.9. The molecule has 3 nitrogen and oxygen atoms in total. The minimum atomic E-state index is 0.438. The summed E-state index contributed by atoms with van der Waals surface area (Å²) in [5.41, 5.74) is 0. The van der Waals surface area contributed by atoms with Gasteiger partial charge in [0.05, 0.1) is 0 Å². The molecule has 0 aromatic heterocycles. The second-order valence-corrected chi connectivity index (χ2v) is 6.29. The van der Waals surface area contributed by atoms with Gasteiger partial charge >= 0.3 is 6.10 Å². The molecule has 0 aliphatic rings. The number of nitriles is 1. The lowest BCUT2D eigenvalue weighted by atomic mass is 10.1. The summed E-state index contributed by atoms with van der Waals surface area (Å²) in [5, 5.41) is 7.58. The Labute approximate surface area is 135 Å². The number of rotatable bonds is 11. The average Bonchev–Trinajstić information content (AvgIpc) is 2.40. The molecule has 0 unspecified atom stereocenters. The van der Waals surface area contributed by atoms with Crippen LogP contribution in [0.15, 0.2) is 0 Å². The van der Waals surface area contributed by atoms with Gasteiger partial charge < -0.3 is 9.80 Å². The summed E-state index contributed by atoms with van der Waals surface area (Å²) in [7, 11) is 8.63. The van der Waals surface area contributed by atoms with Gasteiger partial charge in [-0.1, -0.05) is 38.5 Å². The van der Waals surface area contributed by atoms with E-state index in [2.05, 4.69) is 53.7 Å². The van der Waals surface area contributed by atoms with Crippen molar-refractivity contribution in [1.82, 2.24) is 9.80 Å². The third kappa shape index (κ3) is 26.5. The van der Waals surface area contributed by atoms with E-state index in [1.807, 2.05) is 5.97 Å². The van der Waals surface area contributed by atoms with Crippen LogP contribution < -0.4 is 0 Å². The lowest BCUT2D eigenvalue weighted by Crippen LogP contribution is -2.12. The molecular formula is C15H33BBrN3. The number of nitrogens with zero attached hydrogens (tertiary/aromatic N) is 3. The van der Waals surface area contributed by atoms with Gasteiger partial charge in [-0.3, -0.25) is 0 Å². The normalized spacial score (nSPS) is 10.1. The van der Waals surface area contributed by atoms with Crippen LogP contribution in [0.4, 0.5) is 0 Å². The highest BCUT2D eigenvalue weighted by molar-refractivity contribution is 9.23. The Hall–Kier alpha value is -0.0451. The van der Waals surface area contributed by atoms with E-state index in [1.165, 1.54) is 64.5 Å². The fourth-order valence-electron chi connectivity index (χ4n) is 1.92. The highest BCUT2D eigenvalue weighted by Gasteiger charge is 1.94. The molecule has 0 aliphatic carbocycles. The van der Waals surface area contributed by atoms with E-state index >= 15 is 0 Å². The molecule has 0 aromatic rings. The standard InChI is InChI=1S/C14H32N2.CHBBrN/c1-15(2)13-11-9-7-5-6-8-10-12-14-16(3)4;3-2-1-4/h5-14H2,1-4H3;2H. The molecule has 118 valence electrons. The Balaban J connectivity index is 0. The topological polar surface area (TPSA) is 30.3 Å². The van der Waals surface area contributed by atoms with Crippen LogP contribution in [0.2, 0.25) is 0 Å². The molecule has 0 heterocycles. The zero-order valence-electron chi connectivity index (χ0n) is 14.0. The summed E-state index contributed by atoms with van der Waals surface area (Å²) < 4.78 is 0. The minimum Gasteiger partial charge on any atom is -0.309 e. The zero-order chi connectivity index (χ0) is 15.6. The van der Waals surface area contributed by atoms with Gasteiger partial charge in [0.15, 0.2) is 0 Å². The zero-order valence-corrected chi connectivity index (χ0v) is 15.6. The highest BCUT2D eigenvalue weighted by Crippen LogP contribution is 2.08. The van der Waals surface area contributed by atoms with E-state index in [0.717, 1.165) is 0 Å². The van der Waals surface area contributed by atoms with Crippen LogP contribution in [0, 0.1) is 11.2 Å². The van der Waals surface area contributed by atoms with Crippen molar-refractivity contribution in [2.24, 2.45) is 0 Å². The SMILES string of the molecule is CN(C)CCCCCCCCCCN(C)C.N#CBBr. The quantitative estimate of drug-likeness (QED) is 0.424. The number of halogens is 1. The van der Waals surface area contributed by atoms with Crippen molar-refractivity contribution in [3.05, 3.63) is 0 Å². The maximum Gasteiger partial charge on any atom is 0.326 e. The Morgan fingerprint density at radius 1 is 0.750 bits per heavy atom. The van der Waals surface area contributed by atoms with Crippen molar-refractivity contribution < 1.29 is 0 Å². The van der Waals surface area contributed by atoms with Gasteiger partial charge in [0, 0.05) is 5.97 Å². The summed E-state index contributed by atoms with van der Waals surface area (Å²) in [6.07, 6.45) is 11.7. The van der Waals surface area contributed by atoms with Crippen molar-refractivity contribution in [3.8, 4) is 5.97 Å². The maximum absolute atomic E-state index is 7.58. The van der Waals surface area contributed by atoms with E-state index in [0.29, 0.717) is 6.10 Å². The van der Waals surface area contributed by atoms with Crippen LogP contribution in [-0.4, -0.2) is 57.2 Å². The molecule has 0 aliphatic heterocycles. The van der Waals surface area contributed by atoms with Crippen molar-refractivity contribution in [2.75, 3.05) is 41.3 Å². The fourth-order valence-corrected chi connectivity index (χ4v) is 1.92. The first-order valence-corrected chi connectivity index (χ1v) is 8.89. The molecule has 20 heavy (non-hydrogen) atoms. The summed E-state index contributed by atoms with van der Waals surface area (Å²) in [4.78, 5) is 4.56. The van der Waals surface area contributed by atoms with Gasteiger partial charge in [-0.2, -0.15) is 0 Å². The smallest absolute Gasteiger partial charge is 0.309 e. The van der Waals surface area contributed by atoms with Gasteiger partial charge in [-0.05, 0) is 54.1 Å². The molecule has 0 amide bonds. The van der Waals surface area contributed by atoms with Gasteiger partial charge in [-0.25, -0.2) is 5.26 Å². The monoisotopic (exact) mass is 345 g/mol. The summed E-state index contributed by atoms with van der Waals surface area (Å²) in [5.74, 6) is 1.85. The molecule has 0 spiro atoms. The van der Waals surface area contributed by atoms with Crippen molar-refractivity contribution in [2.45, 2.75) is 51.4 Å². The predicted octanol–water partition coefficient (Wildman–Crippen LogP) is 3.44. The Morgan fingerprint density at radius 2 is 1.00 bits per heavy atom. The van der Waals surface area contributed by atoms with Crippen molar-refractivity contribution in [1.29, 1.82) is 5.26 Å². The molecule has 0 aromatic carbocycles. The molecule has 0 fully saturated rings. The minimum absolute atomic E-state index is 0.438. The maximum atomic E-state index is 7.58.